The lowest BCUT2D eigenvalue weighted by Gasteiger charge is -2.35. The minimum absolute atomic E-state index is 0.380. The summed E-state index contributed by atoms with van der Waals surface area (Å²) in [6.07, 6.45) is 1.99. The third-order valence-corrected chi connectivity index (χ3v) is 3.57. The van der Waals surface area contributed by atoms with Crippen LogP contribution in [0, 0.1) is 0 Å². The molecule has 1 aliphatic heterocycles. The summed E-state index contributed by atoms with van der Waals surface area (Å²) in [5, 5.41) is 0. The van der Waals surface area contributed by atoms with Gasteiger partial charge in [0.05, 0.1) is 6.04 Å². The van der Waals surface area contributed by atoms with Crippen molar-refractivity contribution in [1.29, 1.82) is 0 Å². The summed E-state index contributed by atoms with van der Waals surface area (Å²) in [5.74, 6) is -0.436. The van der Waals surface area contributed by atoms with Crippen LogP contribution in [0.2, 0.25) is 0 Å². The van der Waals surface area contributed by atoms with Crippen LogP contribution in [0.5, 0.6) is 0 Å². The number of nitrogens with zero attached hydrogens (tertiary/aromatic N) is 1. The molecular weight excluding hydrogens is 310 g/mol. The predicted molar refractivity (Wildman–Crippen MR) is 91.4 cm³/mol. The SMILES string of the molecule is C=CC[C@@H]1[C@H]([C@H](C=C)OC(C)=O)OC(C)(C)N1C(=O)OC(C)(C)C. The second-order valence-electron chi connectivity index (χ2n) is 7.28. The lowest BCUT2D eigenvalue weighted by atomic mass is 10.0. The molecule has 0 aromatic carbocycles. The predicted octanol–water partition coefficient (Wildman–Crippen LogP) is 3.42. The monoisotopic (exact) mass is 339 g/mol. The van der Waals surface area contributed by atoms with Crippen LogP contribution in [0.3, 0.4) is 0 Å². The molecule has 0 aromatic heterocycles. The van der Waals surface area contributed by atoms with Gasteiger partial charge in [-0.3, -0.25) is 9.69 Å². The van der Waals surface area contributed by atoms with Gasteiger partial charge in [-0.1, -0.05) is 12.7 Å². The van der Waals surface area contributed by atoms with Crippen molar-refractivity contribution >= 4 is 12.1 Å². The number of carbonyl (C=O) groups is 2. The van der Waals surface area contributed by atoms with Crippen molar-refractivity contribution < 1.29 is 23.8 Å². The number of carbonyl (C=O) groups excluding carboxylic acids is 2. The summed E-state index contributed by atoms with van der Waals surface area (Å²) in [4.78, 5) is 25.6. The largest absolute Gasteiger partial charge is 0.455 e. The molecule has 0 aromatic rings. The van der Waals surface area contributed by atoms with Gasteiger partial charge in [-0.15, -0.1) is 6.58 Å². The molecule has 0 saturated carbocycles. The highest BCUT2D eigenvalue weighted by Crippen LogP contribution is 2.37. The molecule has 0 N–H and O–H groups in total. The quantitative estimate of drug-likeness (QED) is 0.567. The van der Waals surface area contributed by atoms with Gasteiger partial charge >= 0.3 is 12.1 Å². The van der Waals surface area contributed by atoms with Crippen molar-refractivity contribution in [2.45, 2.75) is 77.5 Å². The summed E-state index contributed by atoms with van der Waals surface area (Å²) >= 11 is 0. The molecule has 0 unspecified atom stereocenters. The van der Waals surface area contributed by atoms with E-state index in [0.29, 0.717) is 6.42 Å². The normalized spacial score (nSPS) is 24.2. The third-order valence-electron chi connectivity index (χ3n) is 3.57. The average Bonchev–Trinajstić information content (AvgIpc) is 2.65. The van der Waals surface area contributed by atoms with Gasteiger partial charge in [0.2, 0.25) is 0 Å². The molecule has 136 valence electrons. The number of ether oxygens (including phenoxy) is 3. The van der Waals surface area contributed by atoms with E-state index in [4.69, 9.17) is 14.2 Å². The Balaban J connectivity index is 3.17. The summed E-state index contributed by atoms with van der Waals surface area (Å²) in [5.41, 5.74) is -1.54. The van der Waals surface area contributed by atoms with Gasteiger partial charge in [-0.05, 0) is 47.1 Å². The lowest BCUT2D eigenvalue weighted by Crippen LogP contribution is -2.50. The minimum Gasteiger partial charge on any atom is -0.455 e. The van der Waals surface area contributed by atoms with Crippen LogP contribution in [0.4, 0.5) is 4.79 Å². The first-order chi connectivity index (χ1) is 10.9. The zero-order chi connectivity index (χ0) is 18.7. The first kappa shape index (κ1) is 20.2. The maximum Gasteiger partial charge on any atom is 0.412 e. The molecule has 3 atom stereocenters. The Labute approximate surface area is 144 Å². The third kappa shape index (κ3) is 4.84. The number of rotatable bonds is 5. The fourth-order valence-corrected chi connectivity index (χ4v) is 2.82. The number of hydrogen-bond donors (Lipinski definition) is 0. The molecule has 0 spiro atoms. The van der Waals surface area contributed by atoms with Crippen molar-refractivity contribution in [2.24, 2.45) is 0 Å². The average molecular weight is 339 g/mol. The number of amides is 1. The lowest BCUT2D eigenvalue weighted by molar-refractivity contribution is -0.154. The van der Waals surface area contributed by atoms with Crippen LogP contribution in [-0.2, 0) is 19.0 Å². The fraction of sp³-hybridized carbons (Fsp3) is 0.667. The Morgan fingerprint density at radius 3 is 2.33 bits per heavy atom. The first-order valence-electron chi connectivity index (χ1n) is 8.03. The second-order valence-corrected chi connectivity index (χ2v) is 7.28. The van der Waals surface area contributed by atoms with Crippen molar-refractivity contribution in [2.75, 3.05) is 0 Å². The van der Waals surface area contributed by atoms with Crippen molar-refractivity contribution in [1.82, 2.24) is 4.90 Å². The Bertz CT molecular complexity index is 506. The highest BCUT2D eigenvalue weighted by molar-refractivity contribution is 5.70. The fourth-order valence-electron chi connectivity index (χ4n) is 2.82. The van der Waals surface area contributed by atoms with E-state index in [2.05, 4.69) is 13.2 Å². The Morgan fingerprint density at radius 2 is 1.92 bits per heavy atom. The van der Waals surface area contributed by atoms with Gasteiger partial charge in [-0.2, -0.15) is 0 Å². The van der Waals surface area contributed by atoms with Crippen LogP contribution in [0.1, 0.15) is 48.0 Å². The standard InChI is InChI=1S/C18H29NO5/c1-9-11-13-15(14(10-2)22-12(3)20)23-18(7,8)19(13)16(21)24-17(4,5)6/h9-10,13-15H,1-2,11H2,3-8H3/t13-,14+,15-/m1/s1. The molecule has 24 heavy (non-hydrogen) atoms. The second kappa shape index (κ2) is 7.38. The van der Waals surface area contributed by atoms with Gasteiger partial charge in [0.25, 0.3) is 0 Å². The molecule has 0 aliphatic carbocycles. The molecule has 1 heterocycles. The van der Waals surface area contributed by atoms with Crippen LogP contribution in [0.15, 0.2) is 25.3 Å². The molecule has 0 radical (unpaired) electrons. The molecule has 6 nitrogen and oxygen atoms in total. The molecule has 1 rings (SSSR count). The van der Waals surface area contributed by atoms with Gasteiger partial charge in [0, 0.05) is 6.92 Å². The van der Waals surface area contributed by atoms with Gasteiger partial charge in [-0.25, -0.2) is 4.79 Å². The van der Waals surface area contributed by atoms with Crippen LogP contribution >= 0.6 is 0 Å². The summed E-state index contributed by atoms with van der Waals surface area (Å²) in [7, 11) is 0. The smallest absolute Gasteiger partial charge is 0.412 e. The van der Waals surface area contributed by atoms with Crippen LogP contribution in [-0.4, -0.2) is 46.5 Å². The van der Waals surface area contributed by atoms with Gasteiger partial charge < -0.3 is 14.2 Å². The van der Waals surface area contributed by atoms with E-state index in [1.165, 1.54) is 13.0 Å². The molecule has 1 fully saturated rings. The van der Waals surface area contributed by atoms with E-state index in [0.717, 1.165) is 0 Å². The molecule has 1 amide bonds. The van der Waals surface area contributed by atoms with Crippen LogP contribution in [0.25, 0.3) is 0 Å². The van der Waals surface area contributed by atoms with E-state index >= 15 is 0 Å². The van der Waals surface area contributed by atoms with Gasteiger partial charge in [0.1, 0.15) is 23.5 Å². The zero-order valence-electron chi connectivity index (χ0n) is 15.5. The highest BCUT2D eigenvalue weighted by Gasteiger charge is 2.53. The minimum atomic E-state index is -0.915. The Morgan fingerprint density at radius 1 is 1.33 bits per heavy atom. The number of hydrogen-bond acceptors (Lipinski definition) is 5. The van der Waals surface area contributed by atoms with E-state index < -0.39 is 35.6 Å². The summed E-state index contributed by atoms with van der Waals surface area (Å²) < 4.78 is 16.8. The van der Waals surface area contributed by atoms with E-state index in [1.807, 2.05) is 0 Å². The Hall–Kier alpha value is -1.82. The van der Waals surface area contributed by atoms with Gasteiger partial charge in [0.15, 0.2) is 0 Å². The van der Waals surface area contributed by atoms with Crippen molar-refractivity contribution in [3.05, 3.63) is 25.3 Å². The van der Waals surface area contributed by atoms with Crippen LogP contribution < -0.4 is 0 Å². The van der Waals surface area contributed by atoms with E-state index in [9.17, 15) is 9.59 Å². The molecular formula is C18H29NO5. The molecule has 1 saturated heterocycles. The summed E-state index contributed by atoms with van der Waals surface area (Å²) in [6, 6.07) is -0.380. The summed E-state index contributed by atoms with van der Waals surface area (Å²) in [6.45, 7) is 17.8. The molecule has 6 heteroatoms. The first-order valence-corrected chi connectivity index (χ1v) is 8.03. The Kier molecular flexibility index (Phi) is 6.22. The maximum atomic E-state index is 12.7. The maximum absolute atomic E-state index is 12.7. The van der Waals surface area contributed by atoms with E-state index in [-0.39, 0.29) is 6.04 Å². The zero-order valence-corrected chi connectivity index (χ0v) is 15.5. The van der Waals surface area contributed by atoms with Crippen molar-refractivity contribution in [3.63, 3.8) is 0 Å². The molecule has 0 bridgehead atoms. The van der Waals surface area contributed by atoms with E-state index in [1.54, 1.807) is 45.6 Å². The highest BCUT2D eigenvalue weighted by atomic mass is 16.6. The van der Waals surface area contributed by atoms with Crippen molar-refractivity contribution in [3.8, 4) is 0 Å². The topological polar surface area (TPSA) is 65.1 Å². The molecule has 1 aliphatic rings. The number of esters is 1.